The van der Waals surface area contributed by atoms with Gasteiger partial charge in [0.25, 0.3) is 0 Å². The van der Waals surface area contributed by atoms with Crippen LogP contribution >= 0.6 is 27.3 Å². The monoisotopic (exact) mass is 463 g/mol. The summed E-state index contributed by atoms with van der Waals surface area (Å²) in [7, 11) is 1.65. The smallest absolute Gasteiger partial charge is 0.215 e. The van der Waals surface area contributed by atoms with Gasteiger partial charge in [-0.25, -0.2) is 0 Å². The van der Waals surface area contributed by atoms with Gasteiger partial charge in [-0.3, -0.25) is 4.57 Å². The van der Waals surface area contributed by atoms with Gasteiger partial charge in [0.05, 0.1) is 19.0 Å². The fourth-order valence-corrected chi connectivity index (χ4v) is 3.99. The molecule has 1 aromatic heterocycles. The van der Waals surface area contributed by atoms with Crippen LogP contribution < -0.4 is 9.54 Å². The third kappa shape index (κ3) is 4.55. The van der Waals surface area contributed by atoms with Crippen LogP contribution in [0.4, 0.5) is 0 Å². The number of ether oxygens (including phenoxy) is 1. The maximum atomic E-state index is 5.19. The molecule has 4 nitrogen and oxygen atoms in total. The van der Waals surface area contributed by atoms with Gasteiger partial charge in [-0.1, -0.05) is 46.3 Å². The highest BCUT2D eigenvalue weighted by Gasteiger charge is 2.10. The standard InChI is InChI=1S/C23H18BrN3OS/c1-28-21-13-7-17(8-14-21)15-25-26-23-27(20-5-3-2-4-6-20)22(16-29-23)18-9-11-19(24)12-10-18/h2-16H,1H3/b25-15-,26-23-. The molecule has 0 radical (unpaired) electrons. The molecule has 29 heavy (non-hydrogen) atoms. The van der Waals surface area contributed by atoms with E-state index in [0.717, 1.165) is 37.5 Å². The van der Waals surface area contributed by atoms with Crippen LogP contribution in [-0.2, 0) is 0 Å². The normalized spacial score (nSPS) is 11.9. The molecule has 0 unspecified atom stereocenters. The molecule has 0 aliphatic rings. The Balaban J connectivity index is 1.75. The minimum absolute atomic E-state index is 0.805. The topological polar surface area (TPSA) is 38.9 Å². The molecule has 0 saturated carbocycles. The highest BCUT2D eigenvalue weighted by Crippen LogP contribution is 2.25. The average Bonchev–Trinajstić information content (AvgIpc) is 3.19. The van der Waals surface area contributed by atoms with Crippen molar-refractivity contribution in [1.29, 1.82) is 0 Å². The molecule has 0 N–H and O–H groups in total. The Bertz CT molecular complexity index is 1180. The molecule has 0 atom stereocenters. The highest BCUT2D eigenvalue weighted by atomic mass is 79.9. The predicted octanol–water partition coefficient (Wildman–Crippen LogP) is 5.91. The van der Waals surface area contributed by atoms with Crippen molar-refractivity contribution in [3.63, 3.8) is 0 Å². The maximum absolute atomic E-state index is 5.19. The number of para-hydroxylation sites is 1. The summed E-state index contributed by atoms with van der Waals surface area (Å²) >= 11 is 5.06. The lowest BCUT2D eigenvalue weighted by Gasteiger charge is -2.09. The molecule has 0 spiro atoms. The zero-order chi connectivity index (χ0) is 20.1. The molecule has 1 heterocycles. The van der Waals surface area contributed by atoms with E-state index in [1.54, 1.807) is 24.7 Å². The van der Waals surface area contributed by atoms with E-state index in [4.69, 9.17) is 4.74 Å². The molecular weight excluding hydrogens is 446 g/mol. The van der Waals surface area contributed by atoms with Gasteiger partial charge in [-0.2, -0.15) is 5.10 Å². The van der Waals surface area contributed by atoms with Crippen molar-refractivity contribution in [2.24, 2.45) is 10.2 Å². The SMILES string of the molecule is COc1ccc(/C=N\N=c2/scc(-c3ccc(Br)cc3)n2-c2ccccc2)cc1. The predicted molar refractivity (Wildman–Crippen MR) is 123 cm³/mol. The van der Waals surface area contributed by atoms with Crippen molar-refractivity contribution < 1.29 is 4.74 Å². The molecule has 0 bridgehead atoms. The number of aromatic nitrogens is 1. The van der Waals surface area contributed by atoms with Crippen molar-refractivity contribution in [2.75, 3.05) is 7.11 Å². The first-order chi connectivity index (χ1) is 14.2. The van der Waals surface area contributed by atoms with Crippen molar-refractivity contribution >= 4 is 33.5 Å². The Kier molecular flexibility index (Phi) is 6.03. The minimum Gasteiger partial charge on any atom is -0.497 e. The summed E-state index contributed by atoms with van der Waals surface area (Å²) < 4.78 is 8.36. The first-order valence-electron chi connectivity index (χ1n) is 8.97. The van der Waals surface area contributed by atoms with E-state index in [0.29, 0.717) is 0 Å². The highest BCUT2D eigenvalue weighted by molar-refractivity contribution is 9.10. The molecule has 0 saturated heterocycles. The van der Waals surface area contributed by atoms with Crippen LogP contribution in [-0.4, -0.2) is 17.9 Å². The molecule has 6 heteroatoms. The fourth-order valence-electron chi connectivity index (χ4n) is 2.86. The number of halogens is 1. The summed E-state index contributed by atoms with van der Waals surface area (Å²) in [5, 5.41) is 10.9. The molecule has 0 amide bonds. The van der Waals surface area contributed by atoms with E-state index in [-0.39, 0.29) is 0 Å². The zero-order valence-electron chi connectivity index (χ0n) is 15.7. The molecule has 3 aromatic carbocycles. The number of thiazole rings is 1. The average molecular weight is 464 g/mol. The maximum Gasteiger partial charge on any atom is 0.215 e. The number of rotatable bonds is 5. The molecule has 0 aliphatic carbocycles. The van der Waals surface area contributed by atoms with Gasteiger partial charge in [0.1, 0.15) is 5.75 Å². The van der Waals surface area contributed by atoms with Gasteiger partial charge in [-0.15, -0.1) is 16.4 Å². The third-order valence-corrected chi connectivity index (χ3v) is 5.67. The summed E-state index contributed by atoms with van der Waals surface area (Å²) in [5.41, 5.74) is 4.21. The van der Waals surface area contributed by atoms with Gasteiger partial charge in [0.15, 0.2) is 0 Å². The van der Waals surface area contributed by atoms with Crippen molar-refractivity contribution in [3.05, 3.63) is 99.1 Å². The fraction of sp³-hybridized carbons (Fsp3) is 0.0435. The number of hydrogen-bond acceptors (Lipinski definition) is 4. The zero-order valence-corrected chi connectivity index (χ0v) is 18.1. The van der Waals surface area contributed by atoms with Gasteiger partial charge in [0, 0.05) is 15.5 Å². The van der Waals surface area contributed by atoms with Crippen LogP contribution in [0, 0.1) is 0 Å². The van der Waals surface area contributed by atoms with E-state index in [1.165, 1.54) is 0 Å². The second-order valence-corrected chi connectivity index (χ2v) is 7.95. The van der Waals surface area contributed by atoms with Crippen LogP contribution in [0.3, 0.4) is 0 Å². The Labute approximate surface area is 181 Å². The molecule has 144 valence electrons. The molecule has 0 fully saturated rings. The van der Waals surface area contributed by atoms with E-state index < -0.39 is 0 Å². The lowest BCUT2D eigenvalue weighted by atomic mass is 10.1. The quantitative estimate of drug-likeness (QED) is 0.267. The van der Waals surface area contributed by atoms with Crippen LogP contribution in [0.25, 0.3) is 16.9 Å². The van der Waals surface area contributed by atoms with Crippen LogP contribution in [0.15, 0.2) is 98.9 Å². The Morgan fingerprint density at radius 2 is 1.66 bits per heavy atom. The summed E-state index contributed by atoms with van der Waals surface area (Å²) in [6.45, 7) is 0. The number of benzene rings is 3. The first-order valence-corrected chi connectivity index (χ1v) is 10.6. The van der Waals surface area contributed by atoms with Crippen molar-refractivity contribution in [1.82, 2.24) is 4.57 Å². The summed E-state index contributed by atoms with van der Waals surface area (Å²) in [6, 6.07) is 26.2. The summed E-state index contributed by atoms with van der Waals surface area (Å²) in [6.07, 6.45) is 1.74. The first kappa shape index (κ1) is 19.4. The number of methoxy groups -OCH3 is 1. The summed E-state index contributed by atoms with van der Waals surface area (Å²) in [5.74, 6) is 0.818. The van der Waals surface area contributed by atoms with Gasteiger partial charge in [-0.05, 0) is 59.7 Å². The lowest BCUT2D eigenvalue weighted by Crippen LogP contribution is -2.13. The molecular formula is C23H18BrN3OS. The Hall–Kier alpha value is -2.96. The van der Waals surface area contributed by atoms with E-state index in [1.807, 2.05) is 54.6 Å². The molecule has 4 rings (SSSR count). The van der Waals surface area contributed by atoms with Crippen LogP contribution in [0.2, 0.25) is 0 Å². The minimum atomic E-state index is 0.805. The largest absolute Gasteiger partial charge is 0.497 e. The Morgan fingerprint density at radius 1 is 0.931 bits per heavy atom. The Morgan fingerprint density at radius 3 is 2.34 bits per heavy atom. The van der Waals surface area contributed by atoms with E-state index in [2.05, 4.69) is 60.3 Å². The molecule has 4 aromatic rings. The lowest BCUT2D eigenvalue weighted by molar-refractivity contribution is 0.415. The van der Waals surface area contributed by atoms with E-state index >= 15 is 0 Å². The third-order valence-electron chi connectivity index (χ3n) is 4.33. The van der Waals surface area contributed by atoms with Crippen LogP contribution in [0.5, 0.6) is 5.75 Å². The second kappa shape index (κ2) is 9.03. The molecule has 0 aliphatic heterocycles. The second-order valence-electron chi connectivity index (χ2n) is 6.20. The number of hydrogen-bond donors (Lipinski definition) is 0. The van der Waals surface area contributed by atoms with Crippen molar-refractivity contribution in [3.8, 4) is 22.7 Å². The van der Waals surface area contributed by atoms with Gasteiger partial charge >= 0.3 is 0 Å². The number of nitrogens with zero attached hydrogens (tertiary/aromatic N) is 3. The van der Waals surface area contributed by atoms with Gasteiger partial charge in [0.2, 0.25) is 4.80 Å². The van der Waals surface area contributed by atoms with Gasteiger partial charge < -0.3 is 4.74 Å². The van der Waals surface area contributed by atoms with E-state index in [9.17, 15) is 0 Å². The summed E-state index contributed by atoms with van der Waals surface area (Å²) in [4.78, 5) is 0.805. The van der Waals surface area contributed by atoms with Crippen LogP contribution in [0.1, 0.15) is 5.56 Å². The van der Waals surface area contributed by atoms with Crippen molar-refractivity contribution in [2.45, 2.75) is 0 Å².